The minimum Gasteiger partial charge on any atom is -0.471 e. The Hall–Kier alpha value is -1.33. The summed E-state index contributed by atoms with van der Waals surface area (Å²) in [5.41, 5.74) is 0.822. The lowest BCUT2D eigenvalue weighted by molar-refractivity contribution is -0.222. The van der Waals surface area contributed by atoms with E-state index in [4.69, 9.17) is 0 Å². The highest BCUT2D eigenvalue weighted by Gasteiger charge is 2.55. The zero-order valence-corrected chi connectivity index (χ0v) is 9.51. The van der Waals surface area contributed by atoms with Crippen LogP contribution < -0.4 is 4.74 Å². The van der Waals surface area contributed by atoms with E-state index >= 15 is 0 Å². The van der Waals surface area contributed by atoms with Crippen molar-refractivity contribution in [1.29, 1.82) is 0 Å². The number of alkyl halides is 4. The van der Waals surface area contributed by atoms with Crippen LogP contribution in [0.5, 0.6) is 5.88 Å². The Morgan fingerprint density at radius 1 is 1.18 bits per heavy atom. The highest BCUT2D eigenvalue weighted by molar-refractivity contribution is 5.16. The summed E-state index contributed by atoms with van der Waals surface area (Å²) in [5, 5.41) is 0. The molecule has 0 amide bonds. The zero-order chi connectivity index (χ0) is 13.1. The third kappa shape index (κ3) is 3.31. The van der Waals surface area contributed by atoms with E-state index in [2.05, 4.69) is 9.72 Å². The molecule has 0 spiro atoms. The molecule has 17 heavy (non-hydrogen) atoms. The van der Waals surface area contributed by atoms with Crippen molar-refractivity contribution >= 4 is 0 Å². The number of hydrogen-bond donors (Lipinski definition) is 0. The van der Waals surface area contributed by atoms with E-state index in [1.54, 1.807) is 13.0 Å². The summed E-state index contributed by atoms with van der Waals surface area (Å²) in [5.74, 6) is -8.37. The third-order valence-electron chi connectivity index (χ3n) is 2.26. The number of aromatic nitrogens is 1. The Kier molecular flexibility index (Phi) is 3.95. The Balaban J connectivity index is 2.64. The molecule has 0 saturated carbocycles. The molecule has 0 unspecified atom stereocenters. The number of halogens is 4. The first kappa shape index (κ1) is 13.7. The number of pyridine rings is 1. The van der Waals surface area contributed by atoms with Gasteiger partial charge in [0, 0.05) is 18.7 Å². The molecule has 0 fully saturated rings. The van der Waals surface area contributed by atoms with Gasteiger partial charge in [-0.1, -0.05) is 13.0 Å². The molecule has 0 aromatic carbocycles. The Bertz CT molecular complexity index is 364. The molecule has 0 aliphatic carbocycles. The molecule has 1 heterocycles. The van der Waals surface area contributed by atoms with Gasteiger partial charge in [-0.25, -0.2) is 4.98 Å². The molecular formula is C11H13F4NO. The average molecular weight is 251 g/mol. The summed E-state index contributed by atoms with van der Waals surface area (Å²) in [6.07, 6.45) is 0.468. The van der Waals surface area contributed by atoms with Crippen molar-refractivity contribution in [2.24, 2.45) is 0 Å². The summed E-state index contributed by atoms with van der Waals surface area (Å²) in [7, 11) is 0. The number of nitrogens with zero attached hydrogens (tertiary/aromatic N) is 1. The highest BCUT2D eigenvalue weighted by Crippen LogP contribution is 2.36. The molecule has 1 aromatic heterocycles. The lowest BCUT2D eigenvalue weighted by Crippen LogP contribution is -2.44. The molecule has 0 N–H and O–H groups in total. The fraction of sp³-hybridized carbons (Fsp3) is 0.545. The second kappa shape index (κ2) is 4.89. The summed E-state index contributed by atoms with van der Waals surface area (Å²) >= 11 is 0. The average Bonchev–Trinajstić information content (AvgIpc) is 2.28. The number of rotatable bonds is 5. The molecule has 6 heteroatoms. The van der Waals surface area contributed by atoms with E-state index in [0.717, 1.165) is 12.5 Å². The summed E-state index contributed by atoms with van der Waals surface area (Å²) < 4.78 is 56.4. The van der Waals surface area contributed by atoms with Crippen molar-refractivity contribution in [3.05, 3.63) is 23.9 Å². The standard InChI is InChI=1S/C11H13F4NO/c1-3-10(12,13)11(14,15)7-17-9-5-4-8(2)6-16-9/h4-6H,3,7H2,1-2H3. The highest BCUT2D eigenvalue weighted by atomic mass is 19.3. The van der Waals surface area contributed by atoms with Gasteiger partial charge in [-0.3, -0.25) is 0 Å². The topological polar surface area (TPSA) is 22.1 Å². The van der Waals surface area contributed by atoms with Crippen molar-refractivity contribution in [2.45, 2.75) is 32.1 Å². The van der Waals surface area contributed by atoms with Crippen LogP contribution in [-0.2, 0) is 0 Å². The van der Waals surface area contributed by atoms with Gasteiger partial charge in [-0.2, -0.15) is 17.6 Å². The lowest BCUT2D eigenvalue weighted by Gasteiger charge is -2.25. The Morgan fingerprint density at radius 3 is 2.29 bits per heavy atom. The van der Waals surface area contributed by atoms with E-state index in [-0.39, 0.29) is 5.88 Å². The predicted octanol–water partition coefficient (Wildman–Crippen LogP) is 3.45. The largest absolute Gasteiger partial charge is 0.471 e. The van der Waals surface area contributed by atoms with Crippen LogP contribution in [0.4, 0.5) is 17.6 Å². The van der Waals surface area contributed by atoms with Gasteiger partial charge in [0.25, 0.3) is 0 Å². The van der Waals surface area contributed by atoms with Crippen molar-refractivity contribution < 1.29 is 22.3 Å². The van der Waals surface area contributed by atoms with Crippen molar-refractivity contribution in [1.82, 2.24) is 4.98 Å². The SMILES string of the molecule is CCC(F)(F)C(F)(F)COc1ccc(C)cn1. The van der Waals surface area contributed by atoms with E-state index < -0.39 is 24.9 Å². The molecule has 0 atom stereocenters. The van der Waals surface area contributed by atoms with Crippen LogP contribution in [0.1, 0.15) is 18.9 Å². The van der Waals surface area contributed by atoms with Gasteiger partial charge in [0.2, 0.25) is 5.88 Å². The Morgan fingerprint density at radius 2 is 1.82 bits per heavy atom. The molecule has 0 aliphatic heterocycles. The van der Waals surface area contributed by atoms with Gasteiger partial charge in [0.05, 0.1) is 0 Å². The van der Waals surface area contributed by atoms with Crippen LogP contribution in [-0.4, -0.2) is 23.4 Å². The maximum absolute atomic E-state index is 13.1. The van der Waals surface area contributed by atoms with Gasteiger partial charge in [0.1, 0.15) is 0 Å². The van der Waals surface area contributed by atoms with E-state index in [1.807, 2.05) is 0 Å². The molecule has 96 valence electrons. The van der Waals surface area contributed by atoms with Crippen molar-refractivity contribution in [3.63, 3.8) is 0 Å². The smallest absolute Gasteiger partial charge is 0.343 e. The van der Waals surface area contributed by atoms with Crippen LogP contribution in [0.15, 0.2) is 18.3 Å². The van der Waals surface area contributed by atoms with Crippen molar-refractivity contribution in [2.75, 3.05) is 6.61 Å². The molecule has 1 aromatic rings. The van der Waals surface area contributed by atoms with Crippen LogP contribution in [0.2, 0.25) is 0 Å². The minimum absolute atomic E-state index is 0.0952. The lowest BCUT2D eigenvalue weighted by atomic mass is 10.1. The zero-order valence-electron chi connectivity index (χ0n) is 9.51. The minimum atomic E-state index is -4.20. The molecule has 1 rings (SSSR count). The fourth-order valence-corrected chi connectivity index (χ4v) is 1.07. The number of hydrogen-bond acceptors (Lipinski definition) is 2. The van der Waals surface area contributed by atoms with Gasteiger partial charge in [-0.15, -0.1) is 0 Å². The molecule has 0 bridgehead atoms. The Labute approximate surface area is 96.6 Å². The number of aryl methyl sites for hydroxylation is 1. The summed E-state index contributed by atoms with van der Waals surface area (Å²) in [6, 6.07) is 2.95. The van der Waals surface area contributed by atoms with Gasteiger partial charge < -0.3 is 4.74 Å². The first-order chi connectivity index (χ1) is 7.78. The molecule has 0 saturated heterocycles. The first-order valence-electron chi connectivity index (χ1n) is 5.09. The van der Waals surface area contributed by atoms with Crippen LogP contribution >= 0.6 is 0 Å². The van der Waals surface area contributed by atoms with Gasteiger partial charge in [-0.05, 0) is 12.5 Å². The third-order valence-corrected chi connectivity index (χ3v) is 2.26. The summed E-state index contributed by atoms with van der Waals surface area (Å²) in [6.45, 7) is 1.37. The molecular weight excluding hydrogens is 238 g/mol. The van der Waals surface area contributed by atoms with E-state index in [0.29, 0.717) is 0 Å². The monoisotopic (exact) mass is 251 g/mol. The summed E-state index contributed by atoms with van der Waals surface area (Å²) in [4.78, 5) is 3.69. The van der Waals surface area contributed by atoms with Crippen LogP contribution in [0.25, 0.3) is 0 Å². The molecule has 0 radical (unpaired) electrons. The second-order valence-corrected chi connectivity index (χ2v) is 3.72. The molecule has 2 nitrogen and oxygen atoms in total. The van der Waals surface area contributed by atoms with Gasteiger partial charge in [0.15, 0.2) is 6.61 Å². The normalized spacial score (nSPS) is 12.6. The van der Waals surface area contributed by atoms with E-state index in [1.165, 1.54) is 12.3 Å². The predicted molar refractivity (Wildman–Crippen MR) is 54.7 cm³/mol. The first-order valence-corrected chi connectivity index (χ1v) is 5.09. The fourth-order valence-electron chi connectivity index (χ4n) is 1.07. The number of ether oxygens (including phenoxy) is 1. The van der Waals surface area contributed by atoms with Gasteiger partial charge >= 0.3 is 11.8 Å². The van der Waals surface area contributed by atoms with E-state index in [9.17, 15) is 17.6 Å². The van der Waals surface area contributed by atoms with Crippen molar-refractivity contribution in [3.8, 4) is 5.88 Å². The van der Waals surface area contributed by atoms with Crippen LogP contribution in [0, 0.1) is 6.92 Å². The van der Waals surface area contributed by atoms with Crippen LogP contribution in [0.3, 0.4) is 0 Å². The maximum atomic E-state index is 13.1. The molecule has 0 aliphatic rings. The quantitative estimate of drug-likeness (QED) is 0.748. The maximum Gasteiger partial charge on any atom is 0.343 e. The second-order valence-electron chi connectivity index (χ2n) is 3.72.